The van der Waals surface area contributed by atoms with Crippen LogP contribution in [0.1, 0.15) is 104 Å². The van der Waals surface area contributed by atoms with Gasteiger partial charge in [0.15, 0.2) is 17.9 Å². The van der Waals surface area contributed by atoms with E-state index in [2.05, 4.69) is 67.8 Å². The molecule has 88 heavy (non-hydrogen) atoms. The summed E-state index contributed by atoms with van der Waals surface area (Å²) in [6.45, 7) is 7.53. The zero-order valence-electron chi connectivity index (χ0n) is 49.8. The number of hydrogen-bond acceptors (Lipinski definition) is 16. The van der Waals surface area contributed by atoms with Crippen LogP contribution in [-0.4, -0.2) is 189 Å². The van der Waals surface area contributed by atoms with Crippen LogP contribution >= 0.6 is 0 Å². The van der Waals surface area contributed by atoms with Crippen molar-refractivity contribution in [2.75, 3.05) is 19.6 Å². The van der Waals surface area contributed by atoms with Crippen molar-refractivity contribution in [3.63, 3.8) is 0 Å². The molecule has 10 atom stereocenters. The fraction of sp³-hybridized carbons (Fsp3) is 0.566. The number of carboxylic acids is 3. The summed E-state index contributed by atoms with van der Waals surface area (Å²) < 4.78 is 0. The molecule has 2 rings (SSSR count). The minimum atomic E-state index is -1.98. The van der Waals surface area contributed by atoms with Gasteiger partial charge in [0.2, 0.25) is 53.2 Å². The lowest BCUT2D eigenvalue weighted by Crippen LogP contribution is -2.60. The normalized spacial score (nSPS) is 14.4. The van der Waals surface area contributed by atoms with Crippen molar-refractivity contribution >= 4 is 99.9 Å². The second-order valence-electron chi connectivity index (χ2n) is 21.1. The molecule has 35 heteroatoms. The third-order valence-electron chi connectivity index (χ3n) is 13.0. The van der Waals surface area contributed by atoms with Crippen LogP contribution < -0.4 is 88.0 Å². The monoisotopic (exact) mass is 1240 g/mol. The van der Waals surface area contributed by atoms with Crippen LogP contribution in [0.2, 0.25) is 0 Å². The number of carboxylic acid groups (broad SMARTS) is 3. The maximum atomic E-state index is 14.6. The summed E-state index contributed by atoms with van der Waals surface area (Å²) in [6.07, 6.45) is -1.49. The molecule has 0 bridgehead atoms. The first kappa shape index (κ1) is 74.3. The molecule has 488 valence electrons. The number of nitrogens with one attached hydrogen (secondary N) is 10. The van der Waals surface area contributed by atoms with Gasteiger partial charge in [0.25, 0.3) is 0 Å². The number of aromatic nitrogens is 1. The topological polar surface area (TPSA) is 609 Å². The van der Waals surface area contributed by atoms with Crippen molar-refractivity contribution in [1.29, 1.82) is 0 Å². The Hall–Kier alpha value is -9.83. The number of rotatable bonds is 40. The van der Waals surface area contributed by atoms with Crippen LogP contribution in [0.3, 0.4) is 0 Å². The highest BCUT2D eigenvalue weighted by molar-refractivity contribution is 5.99. The number of fused-ring (bicyclic) bond motifs is 1. The molecule has 35 nitrogen and oxygen atoms in total. The van der Waals surface area contributed by atoms with E-state index in [1.807, 2.05) is 0 Å². The van der Waals surface area contributed by atoms with Crippen molar-refractivity contribution < 1.29 is 72.9 Å². The van der Waals surface area contributed by atoms with Gasteiger partial charge in [0.1, 0.15) is 54.4 Å². The zero-order valence-corrected chi connectivity index (χ0v) is 49.8. The van der Waals surface area contributed by atoms with Gasteiger partial charge in [-0.15, -0.1) is 0 Å². The Labute approximate surface area is 506 Å². The van der Waals surface area contributed by atoms with Crippen LogP contribution in [0, 0.1) is 5.92 Å². The number of hydrogen-bond donors (Lipinski definition) is 20. The summed E-state index contributed by atoms with van der Waals surface area (Å²) >= 11 is 0. The van der Waals surface area contributed by atoms with Gasteiger partial charge in [-0.2, -0.15) is 0 Å². The van der Waals surface area contributed by atoms with Gasteiger partial charge >= 0.3 is 17.9 Å². The lowest BCUT2D eigenvalue weighted by Gasteiger charge is -2.28. The van der Waals surface area contributed by atoms with E-state index in [1.165, 1.54) is 27.0 Å². The first-order valence-corrected chi connectivity index (χ1v) is 28.2. The van der Waals surface area contributed by atoms with Gasteiger partial charge in [-0.25, -0.2) is 4.79 Å². The van der Waals surface area contributed by atoms with E-state index in [1.54, 1.807) is 38.1 Å². The summed E-state index contributed by atoms with van der Waals surface area (Å²) in [7, 11) is 0. The SMILES string of the molecule is CC(C)C[C@H](NC(=O)[C@H](C)NC(=O)[C@H](C)N)C(=O)N[C@@H](CCCN=C(N)N)C(=O)N[C@@H](C)C(=O)N[C@@H](CCCN=C(N)N)C(=O)N[C@@H](CCCN=C(N)N)C(=O)N[C@@H](Cc1c[nH]c2ccccc12)C(=O)N[C@@H](CC(=O)O)C(=O)N[C@@H](CCC(=O)O)C(=O)O. The second kappa shape index (κ2) is 37.6. The van der Waals surface area contributed by atoms with Crippen molar-refractivity contribution in [3.8, 4) is 0 Å². The van der Waals surface area contributed by atoms with Gasteiger partial charge in [-0.05, 0) is 89.7 Å². The second-order valence-corrected chi connectivity index (χ2v) is 21.1. The van der Waals surface area contributed by atoms with E-state index in [9.17, 15) is 67.7 Å². The Bertz CT molecular complexity index is 2850. The Morgan fingerprint density at radius 2 is 0.852 bits per heavy atom. The van der Waals surface area contributed by atoms with Crippen LogP contribution in [0.15, 0.2) is 45.4 Å². The zero-order chi connectivity index (χ0) is 66.4. The first-order chi connectivity index (χ1) is 41.3. The molecule has 2 aromatic rings. The van der Waals surface area contributed by atoms with Crippen molar-refractivity contribution in [2.45, 2.75) is 166 Å². The number of benzene rings is 1. The van der Waals surface area contributed by atoms with Crippen molar-refractivity contribution in [3.05, 3.63) is 36.0 Å². The Morgan fingerprint density at radius 3 is 1.30 bits per heavy atom. The molecule has 1 aromatic carbocycles. The number of nitrogens with two attached hydrogens (primary N) is 7. The minimum Gasteiger partial charge on any atom is -0.481 e. The van der Waals surface area contributed by atoms with E-state index in [4.69, 9.17) is 45.2 Å². The number of aliphatic imine (C=N–C) groups is 3. The Morgan fingerprint density at radius 1 is 0.466 bits per heavy atom. The van der Waals surface area contributed by atoms with Gasteiger partial charge in [0.05, 0.1) is 12.5 Å². The number of aliphatic carboxylic acids is 3. The largest absolute Gasteiger partial charge is 0.481 e. The number of amides is 9. The third-order valence-corrected chi connectivity index (χ3v) is 13.0. The molecule has 1 aromatic heterocycles. The molecule has 0 saturated heterocycles. The summed E-state index contributed by atoms with van der Waals surface area (Å²) in [6, 6.07) is -7.85. The lowest BCUT2D eigenvalue weighted by atomic mass is 10.0. The third kappa shape index (κ3) is 27.9. The summed E-state index contributed by atoms with van der Waals surface area (Å²) in [5, 5.41) is 51.4. The Kier molecular flexibility index (Phi) is 31.7. The number of aromatic amines is 1. The van der Waals surface area contributed by atoms with E-state index < -0.39 is 151 Å². The van der Waals surface area contributed by atoms with E-state index >= 15 is 0 Å². The van der Waals surface area contributed by atoms with Crippen molar-refractivity contribution in [2.24, 2.45) is 61.0 Å². The maximum Gasteiger partial charge on any atom is 0.326 e. The predicted molar refractivity (Wildman–Crippen MR) is 320 cm³/mol. The number of guanidine groups is 3. The quantitative estimate of drug-likeness (QED) is 0.0168. The first-order valence-electron chi connectivity index (χ1n) is 28.2. The molecule has 0 unspecified atom stereocenters. The standard InChI is InChI=1S/C53H86N20O15/c1-25(2)21-36(71-43(80)27(4)65-41(78)26(3)54)47(84)69-32(13-8-18-61-51(55)56)44(81)66-28(5)42(79)67-33(14-9-19-62-52(57)58)45(82)68-34(15-10-20-63-53(59)60)46(83)72-37(22-29-24-64-31-12-7-6-11-30(29)31)48(85)73-38(23-40(76)77)49(86)70-35(50(87)88)16-17-39(74)75/h6-7,11-12,24-28,32-38,64H,8-10,13-23,54H2,1-5H3,(H,65,78)(H,66,81)(H,67,79)(H,68,82)(H,69,84)(H,70,86)(H,71,80)(H,72,83)(H,73,85)(H,74,75)(H,76,77)(H,87,88)(H4,55,56,61)(H4,57,58,62)(H4,59,60,63)/t26-,27-,28-,32-,33-,34-,35-,36-,37-,38-/m0/s1. The number of H-pyrrole nitrogens is 1. The molecule has 0 aliphatic rings. The van der Waals surface area contributed by atoms with E-state index in [0.29, 0.717) is 16.5 Å². The fourth-order valence-corrected chi connectivity index (χ4v) is 8.40. The molecular weight excluding hydrogens is 1160 g/mol. The number of nitrogens with zero attached hydrogens (tertiary/aromatic N) is 3. The highest BCUT2D eigenvalue weighted by Crippen LogP contribution is 2.20. The van der Waals surface area contributed by atoms with Crippen LogP contribution in [-0.2, 0) is 64.0 Å². The number of carbonyl (C=O) groups is 12. The van der Waals surface area contributed by atoms with Crippen LogP contribution in [0.5, 0.6) is 0 Å². The molecule has 0 spiro atoms. The fourth-order valence-electron chi connectivity index (χ4n) is 8.40. The van der Waals surface area contributed by atoms with Gasteiger partial charge in [-0.3, -0.25) is 67.7 Å². The van der Waals surface area contributed by atoms with Gasteiger partial charge in [0, 0.05) is 49.6 Å². The number of para-hydroxylation sites is 1. The molecule has 0 aliphatic carbocycles. The highest BCUT2D eigenvalue weighted by Gasteiger charge is 2.36. The highest BCUT2D eigenvalue weighted by atomic mass is 16.4. The van der Waals surface area contributed by atoms with E-state index in [0.717, 1.165) is 0 Å². The average molecular weight is 1240 g/mol. The number of carbonyl (C=O) groups excluding carboxylic acids is 9. The Balaban J connectivity index is 2.59. The molecular formula is C53H86N20O15. The van der Waals surface area contributed by atoms with Gasteiger partial charge < -0.3 is 108 Å². The van der Waals surface area contributed by atoms with Crippen molar-refractivity contribution in [1.82, 2.24) is 52.8 Å². The van der Waals surface area contributed by atoms with Gasteiger partial charge in [-0.1, -0.05) is 32.0 Å². The van der Waals surface area contributed by atoms with E-state index in [-0.39, 0.29) is 94.8 Å². The summed E-state index contributed by atoms with van der Waals surface area (Å²) in [4.78, 5) is 174. The smallest absolute Gasteiger partial charge is 0.326 e. The molecule has 0 aliphatic heterocycles. The summed E-state index contributed by atoms with van der Waals surface area (Å²) in [5.74, 6) is -14.1. The predicted octanol–water partition coefficient (Wildman–Crippen LogP) is -5.91. The van der Waals surface area contributed by atoms with Crippen LogP contribution in [0.4, 0.5) is 0 Å². The summed E-state index contributed by atoms with van der Waals surface area (Å²) in [5.41, 5.74) is 39.8. The molecule has 0 saturated carbocycles. The van der Waals surface area contributed by atoms with Crippen LogP contribution in [0.25, 0.3) is 10.9 Å². The lowest BCUT2D eigenvalue weighted by molar-refractivity contribution is -0.144. The maximum absolute atomic E-state index is 14.6. The minimum absolute atomic E-state index is 0.00730. The average Bonchev–Trinajstić information content (AvgIpc) is 4.03. The molecule has 9 amide bonds. The molecule has 27 N–H and O–H groups in total. The molecule has 1 heterocycles. The molecule has 0 fully saturated rings. The molecule has 0 radical (unpaired) electrons.